The van der Waals surface area contributed by atoms with E-state index in [0.29, 0.717) is 12.8 Å². The third-order valence-electron chi connectivity index (χ3n) is 3.69. The number of benzene rings is 2. The van der Waals surface area contributed by atoms with Crippen molar-refractivity contribution in [1.29, 1.82) is 0 Å². The molecule has 22 heavy (non-hydrogen) atoms. The van der Waals surface area contributed by atoms with Crippen molar-refractivity contribution in [3.05, 3.63) is 64.1 Å². The van der Waals surface area contributed by atoms with Crippen molar-refractivity contribution in [2.75, 3.05) is 0 Å². The van der Waals surface area contributed by atoms with Gasteiger partial charge in [0.2, 0.25) is 0 Å². The van der Waals surface area contributed by atoms with Crippen LogP contribution < -0.4 is 10.5 Å². The zero-order valence-corrected chi connectivity index (χ0v) is 13.5. The second kappa shape index (κ2) is 6.40. The molecule has 1 aliphatic heterocycles. The molecule has 4 nitrogen and oxygen atoms in total. The molecule has 2 atom stereocenters. The molecule has 0 fully saturated rings. The molecular weight excluding hydrogens is 346 g/mol. The number of hydrogen-bond donors (Lipinski definition) is 1. The SMILES string of the molecule is NC(=O)OC1Cc2ccc(Br)cc2OC1Cc1ccccc1. The number of carbonyl (C=O) groups excluding carboxylic acids is 1. The number of halogens is 1. The largest absolute Gasteiger partial charge is 0.486 e. The summed E-state index contributed by atoms with van der Waals surface area (Å²) in [5.74, 6) is 0.819. The van der Waals surface area contributed by atoms with Gasteiger partial charge in [0, 0.05) is 17.3 Å². The van der Waals surface area contributed by atoms with Gasteiger partial charge in [0.15, 0.2) is 0 Å². The predicted molar refractivity (Wildman–Crippen MR) is 86.9 cm³/mol. The van der Waals surface area contributed by atoms with E-state index >= 15 is 0 Å². The fourth-order valence-corrected chi connectivity index (χ4v) is 3.02. The van der Waals surface area contributed by atoms with Crippen molar-refractivity contribution >= 4 is 22.0 Å². The third-order valence-corrected chi connectivity index (χ3v) is 4.18. The van der Waals surface area contributed by atoms with Crippen molar-refractivity contribution in [3.63, 3.8) is 0 Å². The van der Waals surface area contributed by atoms with Gasteiger partial charge in [-0.1, -0.05) is 52.3 Å². The first-order chi connectivity index (χ1) is 10.6. The molecule has 0 radical (unpaired) electrons. The summed E-state index contributed by atoms with van der Waals surface area (Å²) in [6.07, 6.45) is -0.149. The molecule has 0 bridgehead atoms. The van der Waals surface area contributed by atoms with Gasteiger partial charge in [-0.2, -0.15) is 0 Å². The normalized spacial score (nSPS) is 19.9. The Bertz CT molecular complexity index is 675. The van der Waals surface area contributed by atoms with E-state index in [9.17, 15) is 4.79 Å². The molecular formula is C17H16BrNO3. The summed E-state index contributed by atoms with van der Waals surface area (Å²) in [4.78, 5) is 11.2. The van der Waals surface area contributed by atoms with E-state index < -0.39 is 6.09 Å². The summed E-state index contributed by atoms with van der Waals surface area (Å²) in [6.45, 7) is 0. The highest BCUT2D eigenvalue weighted by Gasteiger charge is 2.32. The minimum atomic E-state index is -0.771. The first kappa shape index (κ1) is 14.9. The molecule has 3 rings (SSSR count). The Kier molecular flexibility index (Phi) is 4.34. The highest BCUT2D eigenvalue weighted by molar-refractivity contribution is 9.10. The molecule has 1 aliphatic rings. The Labute approximate surface area is 137 Å². The minimum absolute atomic E-state index is 0.253. The smallest absolute Gasteiger partial charge is 0.404 e. The van der Waals surface area contributed by atoms with Gasteiger partial charge in [-0.05, 0) is 23.3 Å². The molecule has 0 aromatic heterocycles. The zero-order valence-electron chi connectivity index (χ0n) is 11.9. The average Bonchev–Trinajstić information content (AvgIpc) is 2.48. The maximum Gasteiger partial charge on any atom is 0.404 e. The van der Waals surface area contributed by atoms with E-state index in [0.717, 1.165) is 21.3 Å². The van der Waals surface area contributed by atoms with Crippen LogP contribution in [-0.2, 0) is 17.6 Å². The third kappa shape index (κ3) is 3.42. The van der Waals surface area contributed by atoms with Crippen molar-refractivity contribution < 1.29 is 14.3 Å². The maximum atomic E-state index is 11.2. The number of amides is 1. The number of hydrogen-bond acceptors (Lipinski definition) is 3. The lowest BCUT2D eigenvalue weighted by molar-refractivity contribution is 0.00840. The van der Waals surface area contributed by atoms with Crippen LogP contribution in [-0.4, -0.2) is 18.3 Å². The van der Waals surface area contributed by atoms with Crippen LogP contribution in [0.25, 0.3) is 0 Å². The lowest BCUT2D eigenvalue weighted by Crippen LogP contribution is -2.43. The second-order valence-corrected chi connectivity index (χ2v) is 6.19. The van der Waals surface area contributed by atoms with Crippen LogP contribution in [0.15, 0.2) is 53.0 Å². The van der Waals surface area contributed by atoms with E-state index in [1.165, 1.54) is 0 Å². The molecule has 0 saturated heterocycles. The number of primary amides is 1. The summed E-state index contributed by atoms with van der Waals surface area (Å²) in [7, 11) is 0. The van der Waals surface area contributed by atoms with Gasteiger partial charge in [0.25, 0.3) is 0 Å². The summed E-state index contributed by atoms with van der Waals surface area (Å²) >= 11 is 3.45. The van der Waals surface area contributed by atoms with E-state index in [-0.39, 0.29) is 12.2 Å². The second-order valence-electron chi connectivity index (χ2n) is 5.28. The Hall–Kier alpha value is -2.01. The number of fused-ring (bicyclic) bond motifs is 1. The van der Waals surface area contributed by atoms with Crippen LogP contribution in [0.3, 0.4) is 0 Å². The fraction of sp³-hybridized carbons (Fsp3) is 0.235. The fourth-order valence-electron chi connectivity index (χ4n) is 2.68. The maximum absolute atomic E-state index is 11.2. The first-order valence-electron chi connectivity index (χ1n) is 7.07. The van der Waals surface area contributed by atoms with Gasteiger partial charge >= 0.3 is 6.09 Å². The Morgan fingerprint density at radius 3 is 2.77 bits per heavy atom. The molecule has 0 spiro atoms. The first-order valence-corrected chi connectivity index (χ1v) is 7.86. The summed E-state index contributed by atoms with van der Waals surface area (Å²) in [6, 6.07) is 15.8. The summed E-state index contributed by atoms with van der Waals surface area (Å²) in [5, 5.41) is 0. The molecule has 1 amide bonds. The Morgan fingerprint density at radius 2 is 2.05 bits per heavy atom. The van der Waals surface area contributed by atoms with Crippen LogP contribution in [0.5, 0.6) is 5.75 Å². The van der Waals surface area contributed by atoms with Gasteiger partial charge in [-0.25, -0.2) is 4.79 Å². The standard InChI is InChI=1S/C17H16BrNO3/c18-13-7-6-12-9-16(22-17(19)20)15(21-14(12)10-13)8-11-4-2-1-3-5-11/h1-7,10,15-16H,8-9H2,(H2,19,20). The van der Waals surface area contributed by atoms with Crippen molar-refractivity contribution in [2.45, 2.75) is 25.0 Å². The quantitative estimate of drug-likeness (QED) is 0.910. The molecule has 5 heteroatoms. The van der Waals surface area contributed by atoms with Crippen LogP contribution in [0.2, 0.25) is 0 Å². The van der Waals surface area contributed by atoms with Gasteiger partial charge < -0.3 is 15.2 Å². The number of rotatable bonds is 3. The lowest BCUT2D eigenvalue weighted by Gasteiger charge is -2.33. The molecule has 114 valence electrons. The van der Waals surface area contributed by atoms with Gasteiger partial charge in [0.05, 0.1) is 0 Å². The average molecular weight is 362 g/mol. The molecule has 2 N–H and O–H groups in total. The molecule has 1 heterocycles. The van der Waals surface area contributed by atoms with E-state index in [2.05, 4.69) is 15.9 Å². The van der Waals surface area contributed by atoms with Crippen molar-refractivity contribution in [1.82, 2.24) is 0 Å². The monoisotopic (exact) mass is 361 g/mol. The van der Waals surface area contributed by atoms with E-state index in [1.54, 1.807) is 0 Å². The summed E-state index contributed by atoms with van der Waals surface area (Å²) < 4.78 is 12.3. The molecule has 0 aliphatic carbocycles. The van der Waals surface area contributed by atoms with Crippen LogP contribution in [0.1, 0.15) is 11.1 Å². The zero-order chi connectivity index (χ0) is 15.5. The van der Waals surface area contributed by atoms with Crippen molar-refractivity contribution in [3.8, 4) is 5.75 Å². The topological polar surface area (TPSA) is 61.6 Å². The number of ether oxygens (including phenoxy) is 2. The van der Waals surface area contributed by atoms with Gasteiger partial charge in [0.1, 0.15) is 18.0 Å². The minimum Gasteiger partial charge on any atom is -0.486 e. The Morgan fingerprint density at radius 1 is 1.27 bits per heavy atom. The molecule has 2 aromatic carbocycles. The molecule has 0 saturated carbocycles. The van der Waals surface area contributed by atoms with Crippen LogP contribution >= 0.6 is 15.9 Å². The molecule has 2 unspecified atom stereocenters. The van der Waals surface area contributed by atoms with Gasteiger partial charge in [-0.15, -0.1) is 0 Å². The van der Waals surface area contributed by atoms with E-state index in [1.807, 2.05) is 48.5 Å². The van der Waals surface area contributed by atoms with Crippen LogP contribution in [0, 0.1) is 0 Å². The molecule has 2 aromatic rings. The highest BCUT2D eigenvalue weighted by Crippen LogP contribution is 2.32. The summed E-state index contributed by atoms with van der Waals surface area (Å²) in [5.41, 5.74) is 7.34. The van der Waals surface area contributed by atoms with Gasteiger partial charge in [-0.3, -0.25) is 0 Å². The Balaban J connectivity index is 1.86. The van der Waals surface area contributed by atoms with Crippen molar-refractivity contribution in [2.24, 2.45) is 5.73 Å². The lowest BCUT2D eigenvalue weighted by atomic mass is 9.95. The number of carbonyl (C=O) groups is 1. The van der Waals surface area contributed by atoms with E-state index in [4.69, 9.17) is 15.2 Å². The van der Waals surface area contributed by atoms with Crippen LogP contribution in [0.4, 0.5) is 4.79 Å². The number of nitrogens with two attached hydrogens (primary N) is 1. The highest BCUT2D eigenvalue weighted by atomic mass is 79.9. The predicted octanol–water partition coefficient (Wildman–Crippen LogP) is 3.46.